The van der Waals surface area contributed by atoms with Crippen molar-refractivity contribution in [3.8, 4) is 0 Å². The van der Waals surface area contributed by atoms with Crippen LogP contribution in [0.2, 0.25) is 18.1 Å². The van der Waals surface area contributed by atoms with Crippen LogP contribution in [0.15, 0.2) is 18.5 Å². The third kappa shape index (κ3) is 4.09. The second kappa shape index (κ2) is 6.57. The minimum absolute atomic E-state index is 0.0699. The Morgan fingerprint density at radius 1 is 1.43 bits per heavy atom. The van der Waals surface area contributed by atoms with Gasteiger partial charge in [0.05, 0.1) is 11.0 Å². The van der Waals surface area contributed by atoms with Crippen molar-refractivity contribution in [1.29, 1.82) is 0 Å². The summed E-state index contributed by atoms with van der Waals surface area (Å²) < 4.78 is 6.51. The molecule has 0 unspecified atom stereocenters. The largest absolute Gasteiger partial charge is 0.412 e. The summed E-state index contributed by atoms with van der Waals surface area (Å²) in [7, 11) is -1.83. The molecule has 128 valence electrons. The Morgan fingerprint density at radius 2 is 2.13 bits per heavy atom. The maximum absolute atomic E-state index is 11.2. The Morgan fingerprint density at radius 3 is 2.74 bits per heavy atom. The van der Waals surface area contributed by atoms with Crippen LogP contribution >= 0.6 is 0 Å². The summed E-state index contributed by atoms with van der Waals surface area (Å²) in [5, 5.41) is 11.4. The highest BCUT2D eigenvalue weighted by atomic mass is 28.4. The van der Waals surface area contributed by atoms with Gasteiger partial charge in [-0.05, 0) is 37.0 Å². The van der Waals surface area contributed by atoms with Crippen molar-refractivity contribution in [2.45, 2.75) is 57.8 Å². The van der Waals surface area contributed by atoms with Gasteiger partial charge in [-0.3, -0.25) is 15.1 Å². The van der Waals surface area contributed by atoms with Crippen LogP contribution < -0.4 is 4.90 Å². The van der Waals surface area contributed by atoms with E-state index in [-0.39, 0.29) is 21.8 Å². The number of nitro groups is 1. The van der Waals surface area contributed by atoms with Gasteiger partial charge in [0.2, 0.25) is 0 Å². The number of aromatic nitrogens is 1. The molecule has 1 aromatic heterocycles. The fraction of sp³-hybridized carbons (Fsp3) is 0.688. The maximum atomic E-state index is 11.2. The molecule has 1 aliphatic rings. The summed E-state index contributed by atoms with van der Waals surface area (Å²) in [5.41, 5.74) is 0.717. The maximum Gasteiger partial charge on any atom is 0.310 e. The first-order valence-corrected chi connectivity index (χ1v) is 11.0. The molecule has 0 radical (unpaired) electrons. The van der Waals surface area contributed by atoms with Crippen molar-refractivity contribution in [3.05, 3.63) is 28.6 Å². The summed E-state index contributed by atoms with van der Waals surface area (Å²) in [6.45, 7) is 12.7. The lowest BCUT2D eigenvalue weighted by atomic mass is 10.1. The van der Waals surface area contributed by atoms with E-state index < -0.39 is 8.32 Å². The highest BCUT2D eigenvalue weighted by molar-refractivity contribution is 6.74. The molecule has 0 amide bonds. The summed E-state index contributed by atoms with van der Waals surface area (Å²) in [6, 6.07) is 1.73. The van der Waals surface area contributed by atoms with Crippen molar-refractivity contribution < 1.29 is 9.35 Å². The first kappa shape index (κ1) is 17.9. The molecule has 0 bridgehead atoms. The van der Waals surface area contributed by atoms with Crippen LogP contribution in [0.3, 0.4) is 0 Å². The smallest absolute Gasteiger partial charge is 0.310 e. The average Bonchev–Trinajstić information content (AvgIpc) is 2.46. The minimum Gasteiger partial charge on any atom is -0.412 e. The highest BCUT2D eigenvalue weighted by Gasteiger charge is 2.40. The fourth-order valence-electron chi connectivity index (χ4n) is 2.63. The molecule has 0 aromatic carbocycles. The molecule has 0 spiro atoms. The van der Waals surface area contributed by atoms with Crippen LogP contribution in [-0.2, 0) is 4.43 Å². The third-order valence-corrected chi connectivity index (χ3v) is 9.50. The zero-order chi connectivity index (χ0) is 17.3. The number of pyridine rings is 1. The fourth-order valence-corrected chi connectivity index (χ4v) is 4.01. The predicted molar refractivity (Wildman–Crippen MR) is 94.4 cm³/mol. The molecular formula is C16H27N3O3Si. The lowest BCUT2D eigenvalue weighted by molar-refractivity contribution is -0.384. The molecule has 1 fully saturated rings. The summed E-state index contributed by atoms with van der Waals surface area (Å²) in [5.74, 6) is 0. The molecule has 23 heavy (non-hydrogen) atoms. The van der Waals surface area contributed by atoms with Crippen LogP contribution in [0.4, 0.5) is 11.4 Å². The minimum atomic E-state index is -1.83. The van der Waals surface area contributed by atoms with Crippen LogP contribution in [0.25, 0.3) is 0 Å². The number of hydrogen-bond acceptors (Lipinski definition) is 5. The van der Waals surface area contributed by atoms with Crippen molar-refractivity contribution >= 4 is 19.7 Å². The molecule has 1 aromatic rings. The Balaban J connectivity index is 2.15. The molecule has 0 saturated carbocycles. The van der Waals surface area contributed by atoms with E-state index in [1.165, 1.54) is 6.20 Å². The lowest BCUT2D eigenvalue weighted by Gasteiger charge is -2.42. The molecule has 0 N–H and O–H groups in total. The number of hydrogen-bond donors (Lipinski definition) is 0. The average molecular weight is 337 g/mol. The SMILES string of the molecule is CC(C)(C)[Si](C)(C)O[C@H]1CCCN(c2ccncc2[N+](=O)[O-])C1. The van der Waals surface area contributed by atoms with Gasteiger partial charge in [0.25, 0.3) is 0 Å². The van der Waals surface area contributed by atoms with E-state index in [1.54, 1.807) is 12.3 Å². The van der Waals surface area contributed by atoms with E-state index in [9.17, 15) is 10.1 Å². The van der Waals surface area contributed by atoms with Gasteiger partial charge in [-0.15, -0.1) is 0 Å². The number of rotatable bonds is 4. The van der Waals surface area contributed by atoms with Gasteiger partial charge in [0.1, 0.15) is 11.9 Å². The Labute approximate surface area is 139 Å². The van der Waals surface area contributed by atoms with E-state index in [1.807, 2.05) is 0 Å². The van der Waals surface area contributed by atoms with Crippen LogP contribution in [0, 0.1) is 10.1 Å². The topological polar surface area (TPSA) is 68.5 Å². The van der Waals surface area contributed by atoms with E-state index in [2.05, 4.69) is 43.7 Å². The molecule has 2 rings (SSSR count). The van der Waals surface area contributed by atoms with Gasteiger partial charge in [0.15, 0.2) is 8.32 Å². The van der Waals surface area contributed by atoms with Gasteiger partial charge in [-0.25, -0.2) is 0 Å². The van der Waals surface area contributed by atoms with Crippen molar-refractivity contribution in [2.75, 3.05) is 18.0 Å². The normalized spacial score (nSPS) is 19.7. The number of anilines is 1. The van der Waals surface area contributed by atoms with E-state index in [4.69, 9.17) is 4.43 Å². The Bertz CT molecular complexity index is 572. The standard InChI is InChI=1S/C16H27N3O3Si/c1-16(2,3)23(4,5)22-13-7-6-10-18(12-13)14-8-9-17-11-15(14)19(20)21/h8-9,11,13H,6-7,10,12H2,1-5H3/t13-/m0/s1. The third-order valence-electron chi connectivity index (χ3n) is 4.96. The second-order valence-electron chi connectivity index (χ2n) is 7.71. The van der Waals surface area contributed by atoms with Crippen LogP contribution in [-0.4, -0.2) is 37.4 Å². The molecule has 2 heterocycles. The second-order valence-corrected chi connectivity index (χ2v) is 12.5. The van der Waals surface area contributed by atoms with Crippen LogP contribution in [0.1, 0.15) is 33.6 Å². The van der Waals surface area contributed by atoms with Gasteiger partial charge in [0, 0.05) is 19.3 Å². The zero-order valence-corrected chi connectivity index (χ0v) is 15.7. The van der Waals surface area contributed by atoms with E-state index in [0.717, 1.165) is 19.4 Å². The molecule has 1 atom stereocenters. The van der Waals surface area contributed by atoms with Gasteiger partial charge >= 0.3 is 5.69 Å². The lowest BCUT2D eigenvalue weighted by Crippen LogP contribution is -2.49. The number of nitrogens with zero attached hydrogens (tertiary/aromatic N) is 3. The van der Waals surface area contributed by atoms with Gasteiger partial charge < -0.3 is 9.33 Å². The molecule has 0 aliphatic carbocycles. The summed E-state index contributed by atoms with van der Waals surface area (Å²) >= 11 is 0. The number of piperidine rings is 1. The Kier molecular flexibility index (Phi) is 5.10. The zero-order valence-electron chi connectivity index (χ0n) is 14.7. The van der Waals surface area contributed by atoms with Crippen LogP contribution in [0.5, 0.6) is 0 Å². The monoisotopic (exact) mass is 337 g/mol. The van der Waals surface area contributed by atoms with E-state index >= 15 is 0 Å². The van der Waals surface area contributed by atoms with Gasteiger partial charge in [-0.1, -0.05) is 20.8 Å². The molecule has 7 heteroatoms. The molecular weight excluding hydrogens is 310 g/mol. The molecule has 1 saturated heterocycles. The van der Waals surface area contributed by atoms with Crippen molar-refractivity contribution in [2.24, 2.45) is 0 Å². The quantitative estimate of drug-likeness (QED) is 0.472. The van der Waals surface area contributed by atoms with Crippen molar-refractivity contribution in [3.63, 3.8) is 0 Å². The first-order valence-electron chi connectivity index (χ1n) is 8.13. The first-order chi connectivity index (χ1) is 10.6. The molecule has 1 aliphatic heterocycles. The van der Waals surface area contributed by atoms with Crippen molar-refractivity contribution in [1.82, 2.24) is 4.98 Å². The van der Waals surface area contributed by atoms with Gasteiger partial charge in [-0.2, -0.15) is 0 Å². The van der Waals surface area contributed by atoms with E-state index in [0.29, 0.717) is 12.2 Å². The summed E-state index contributed by atoms with van der Waals surface area (Å²) in [6.07, 6.45) is 5.08. The predicted octanol–water partition coefficient (Wildman–Crippen LogP) is 3.98. The highest BCUT2D eigenvalue weighted by Crippen LogP contribution is 2.39. The Hall–Kier alpha value is -1.47. The summed E-state index contributed by atoms with van der Waals surface area (Å²) in [4.78, 5) is 16.8. The molecule has 6 nitrogen and oxygen atoms in total.